The van der Waals surface area contributed by atoms with Gasteiger partial charge in [0, 0.05) is 42.1 Å². The predicted octanol–water partition coefficient (Wildman–Crippen LogP) is 5.22. The lowest BCUT2D eigenvalue weighted by atomic mass is 10.1. The van der Waals surface area contributed by atoms with Gasteiger partial charge in [-0.15, -0.1) is 0 Å². The molecule has 0 spiro atoms. The number of carbonyl (C=O) groups is 1. The molecule has 0 amide bonds. The second-order valence-electron chi connectivity index (χ2n) is 7.08. The zero-order valence-electron chi connectivity index (χ0n) is 16.0. The first-order valence-electron chi connectivity index (χ1n) is 9.38. The van der Waals surface area contributed by atoms with Crippen molar-refractivity contribution in [2.45, 2.75) is 13.0 Å². The number of carboxylic acid groups (broad SMARTS) is 1. The molecule has 0 fully saturated rings. The fraction of sp³-hybridized carbons (Fsp3) is 0.125. The summed E-state index contributed by atoms with van der Waals surface area (Å²) < 4.78 is 15.3. The van der Waals surface area contributed by atoms with Crippen molar-refractivity contribution in [1.29, 1.82) is 0 Å². The molecule has 0 unspecified atom stereocenters. The summed E-state index contributed by atoms with van der Waals surface area (Å²) in [6.07, 6.45) is 1.93. The second kappa shape index (κ2) is 7.80. The van der Waals surface area contributed by atoms with Crippen molar-refractivity contribution in [1.82, 2.24) is 4.57 Å². The molecule has 0 bridgehead atoms. The Balaban J connectivity index is 1.65. The van der Waals surface area contributed by atoms with E-state index in [4.69, 9.17) is 0 Å². The molecule has 4 aromatic rings. The van der Waals surface area contributed by atoms with Crippen LogP contribution >= 0.6 is 0 Å². The highest BCUT2D eigenvalue weighted by Gasteiger charge is 2.12. The Morgan fingerprint density at radius 3 is 2.52 bits per heavy atom. The van der Waals surface area contributed by atoms with Gasteiger partial charge in [0.2, 0.25) is 0 Å². The number of nitrogens with zero attached hydrogens (tertiary/aromatic N) is 2. The number of carboxylic acids is 1. The third-order valence-corrected chi connectivity index (χ3v) is 5.08. The molecular formula is C24H21FN2O2. The molecule has 29 heavy (non-hydrogen) atoms. The zero-order valence-corrected chi connectivity index (χ0v) is 16.0. The Bertz CT molecular complexity index is 1170. The van der Waals surface area contributed by atoms with E-state index in [1.54, 1.807) is 12.1 Å². The van der Waals surface area contributed by atoms with E-state index in [0.29, 0.717) is 6.54 Å². The number of hydrogen-bond donors (Lipinski definition) is 1. The maximum Gasteiger partial charge on any atom is 0.307 e. The highest BCUT2D eigenvalue weighted by atomic mass is 19.1. The van der Waals surface area contributed by atoms with Gasteiger partial charge in [-0.05, 0) is 53.6 Å². The largest absolute Gasteiger partial charge is 0.481 e. The highest BCUT2D eigenvalue weighted by molar-refractivity contribution is 5.87. The third kappa shape index (κ3) is 3.99. The van der Waals surface area contributed by atoms with Crippen LogP contribution in [-0.2, 0) is 17.8 Å². The molecule has 0 aliphatic carbocycles. The minimum Gasteiger partial charge on any atom is -0.481 e. The molecule has 0 aliphatic heterocycles. The van der Waals surface area contributed by atoms with Gasteiger partial charge in [0.1, 0.15) is 5.82 Å². The molecule has 0 radical (unpaired) electrons. The molecule has 146 valence electrons. The normalized spacial score (nSPS) is 11.0. The van der Waals surface area contributed by atoms with Gasteiger partial charge in [0.15, 0.2) is 0 Å². The van der Waals surface area contributed by atoms with E-state index in [-0.39, 0.29) is 12.2 Å². The summed E-state index contributed by atoms with van der Waals surface area (Å²) >= 11 is 0. The van der Waals surface area contributed by atoms with Crippen LogP contribution in [0.1, 0.15) is 11.1 Å². The molecule has 0 atom stereocenters. The molecule has 1 aromatic heterocycles. The van der Waals surface area contributed by atoms with Gasteiger partial charge in [0.05, 0.1) is 6.42 Å². The number of aliphatic carboxylic acids is 1. The number of halogens is 1. The van der Waals surface area contributed by atoms with Crippen LogP contribution < -0.4 is 4.90 Å². The van der Waals surface area contributed by atoms with Crippen molar-refractivity contribution in [3.63, 3.8) is 0 Å². The summed E-state index contributed by atoms with van der Waals surface area (Å²) in [5, 5.41) is 10.2. The van der Waals surface area contributed by atoms with E-state index in [1.807, 2.05) is 60.6 Å². The topological polar surface area (TPSA) is 45.5 Å². The fourth-order valence-electron chi connectivity index (χ4n) is 3.63. The van der Waals surface area contributed by atoms with Crippen molar-refractivity contribution >= 4 is 28.2 Å². The van der Waals surface area contributed by atoms with E-state index in [9.17, 15) is 14.3 Å². The van der Waals surface area contributed by atoms with Crippen LogP contribution in [0, 0.1) is 5.82 Å². The minimum absolute atomic E-state index is 0.000851. The van der Waals surface area contributed by atoms with E-state index >= 15 is 0 Å². The summed E-state index contributed by atoms with van der Waals surface area (Å²) in [4.78, 5) is 13.2. The SMILES string of the molecule is CN(c1ccc(F)cc1)c1cccc(Cn2cc(CC(=O)O)c3ccccc32)c1. The first-order chi connectivity index (χ1) is 14.0. The van der Waals surface area contributed by atoms with E-state index in [1.165, 1.54) is 12.1 Å². The van der Waals surface area contributed by atoms with Crippen LogP contribution in [0.25, 0.3) is 10.9 Å². The Hall–Kier alpha value is -3.60. The Morgan fingerprint density at radius 2 is 1.76 bits per heavy atom. The molecule has 0 aliphatic rings. The third-order valence-electron chi connectivity index (χ3n) is 5.08. The van der Waals surface area contributed by atoms with Crippen molar-refractivity contribution in [3.8, 4) is 0 Å². The lowest BCUT2D eigenvalue weighted by Gasteiger charge is -2.20. The lowest BCUT2D eigenvalue weighted by Crippen LogP contribution is -2.10. The van der Waals surface area contributed by atoms with Gasteiger partial charge in [-0.1, -0.05) is 30.3 Å². The summed E-state index contributed by atoms with van der Waals surface area (Å²) in [5.41, 5.74) is 4.82. The average Bonchev–Trinajstić information content (AvgIpc) is 3.05. The van der Waals surface area contributed by atoms with Crippen LogP contribution in [0.4, 0.5) is 15.8 Å². The number of benzene rings is 3. The summed E-state index contributed by atoms with van der Waals surface area (Å²) in [5.74, 6) is -1.09. The van der Waals surface area contributed by atoms with E-state index in [0.717, 1.165) is 33.4 Å². The van der Waals surface area contributed by atoms with Gasteiger partial charge < -0.3 is 14.6 Å². The summed E-state index contributed by atoms with van der Waals surface area (Å²) in [7, 11) is 1.95. The average molecular weight is 388 g/mol. The molecule has 3 aromatic carbocycles. The second-order valence-corrected chi connectivity index (χ2v) is 7.08. The lowest BCUT2D eigenvalue weighted by molar-refractivity contribution is -0.136. The summed E-state index contributed by atoms with van der Waals surface area (Å²) in [6, 6.07) is 22.4. The smallest absolute Gasteiger partial charge is 0.307 e. The van der Waals surface area contributed by atoms with Gasteiger partial charge in [-0.25, -0.2) is 4.39 Å². The Kier molecular flexibility index (Phi) is 5.04. The van der Waals surface area contributed by atoms with Crippen molar-refractivity contribution in [2.75, 3.05) is 11.9 Å². The quantitative estimate of drug-likeness (QED) is 0.492. The molecule has 4 nitrogen and oxygen atoms in total. The standard InChI is InChI=1S/C24H21FN2O2/c1-26(20-11-9-19(25)10-12-20)21-6-4-5-17(13-21)15-27-16-18(14-24(28)29)22-7-2-3-8-23(22)27/h2-13,16H,14-15H2,1H3,(H,28,29). The zero-order chi connectivity index (χ0) is 20.4. The molecule has 0 saturated heterocycles. The van der Waals surface area contributed by atoms with Crippen molar-refractivity contribution in [3.05, 3.63) is 95.9 Å². The summed E-state index contributed by atoms with van der Waals surface area (Å²) in [6.45, 7) is 0.630. The van der Waals surface area contributed by atoms with Crippen LogP contribution in [0.2, 0.25) is 0 Å². The first kappa shape index (κ1) is 18.7. The van der Waals surface area contributed by atoms with Crippen molar-refractivity contribution < 1.29 is 14.3 Å². The Labute approximate surface area is 168 Å². The van der Waals surface area contributed by atoms with Gasteiger partial charge in [-0.2, -0.15) is 0 Å². The first-order valence-corrected chi connectivity index (χ1v) is 9.38. The van der Waals surface area contributed by atoms with Gasteiger partial charge in [-0.3, -0.25) is 4.79 Å². The van der Waals surface area contributed by atoms with Crippen LogP contribution in [0.5, 0.6) is 0 Å². The fourth-order valence-corrected chi connectivity index (χ4v) is 3.63. The van der Waals surface area contributed by atoms with Gasteiger partial charge in [0.25, 0.3) is 0 Å². The number of anilines is 2. The number of hydrogen-bond acceptors (Lipinski definition) is 2. The van der Waals surface area contributed by atoms with Crippen LogP contribution in [0.3, 0.4) is 0 Å². The van der Waals surface area contributed by atoms with Crippen LogP contribution in [-0.4, -0.2) is 22.7 Å². The van der Waals surface area contributed by atoms with E-state index in [2.05, 4.69) is 10.6 Å². The predicted molar refractivity (Wildman–Crippen MR) is 113 cm³/mol. The number of rotatable bonds is 6. The number of para-hydroxylation sites is 1. The Morgan fingerprint density at radius 1 is 1.00 bits per heavy atom. The number of fused-ring (bicyclic) bond motifs is 1. The maximum atomic E-state index is 13.2. The molecule has 1 heterocycles. The molecule has 5 heteroatoms. The minimum atomic E-state index is -0.837. The van der Waals surface area contributed by atoms with Crippen molar-refractivity contribution in [2.24, 2.45) is 0 Å². The molecular weight excluding hydrogens is 367 g/mol. The highest BCUT2D eigenvalue weighted by Crippen LogP contribution is 2.27. The molecule has 0 saturated carbocycles. The monoisotopic (exact) mass is 388 g/mol. The molecule has 4 rings (SSSR count). The number of aromatic nitrogens is 1. The molecule has 1 N–H and O–H groups in total. The maximum absolute atomic E-state index is 13.2. The van der Waals surface area contributed by atoms with Gasteiger partial charge >= 0.3 is 5.97 Å². The van der Waals surface area contributed by atoms with E-state index < -0.39 is 5.97 Å². The van der Waals surface area contributed by atoms with Crippen LogP contribution in [0.15, 0.2) is 79.0 Å².